The van der Waals surface area contributed by atoms with Crippen LogP contribution >= 0.6 is 0 Å². The first-order chi connectivity index (χ1) is 9.70. The van der Waals surface area contributed by atoms with Crippen LogP contribution in [0.25, 0.3) is 0 Å². The maximum Gasteiger partial charge on any atom is 0.0856 e. The van der Waals surface area contributed by atoms with Gasteiger partial charge in [-0.3, -0.25) is 0 Å². The van der Waals surface area contributed by atoms with Gasteiger partial charge in [0.15, 0.2) is 0 Å². The van der Waals surface area contributed by atoms with Crippen LogP contribution in [-0.4, -0.2) is 0 Å². The van der Waals surface area contributed by atoms with E-state index in [-0.39, 0.29) is 5.41 Å². The van der Waals surface area contributed by atoms with Crippen LogP contribution in [0.3, 0.4) is 0 Å². The number of nitriles is 1. The SMILES string of the molecule is C[C@@]12CCC[C@H]1[C@@H]1CCc3ccccc3[C@@]1(C#N)CC2. The third-order valence-corrected chi connectivity index (χ3v) is 6.79. The second kappa shape index (κ2) is 4.10. The fourth-order valence-corrected chi connectivity index (χ4v) is 5.73. The number of hydrogen-bond donors (Lipinski definition) is 0. The lowest BCUT2D eigenvalue weighted by atomic mass is 9.49. The highest BCUT2D eigenvalue weighted by Gasteiger charge is 2.57. The highest BCUT2D eigenvalue weighted by Crippen LogP contribution is 2.62. The summed E-state index contributed by atoms with van der Waals surface area (Å²) in [7, 11) is 0. The van der Waals surface area contributed by atoms with Crippen molar-refractivity contribution in [3.63, 3.8) is 0 Å². The van der Waals surface area contributed by atoms with E-state index in [0.29, 0.717) is 11.3 Å². The Labute approximate surface area is 122 Å². The number of benzene rings is 1. The second-order valence-corrected chi connectivity index (χ2v) is 7.54. The van der Waals surface area contributed by atoms with E-state index in [9.17, 15) is 5.26 Å². The van der Waals surface area contributed by atoms with Gasteiger partial charge in [0, 0.05) is 0 Å². The maximum absolute atomic E-state index is 10.1. The van der Waals surface area contributed by atoms with Crippen LogP contribution in [0, 0.1) is 28.6 Å². The summed E-state index contributed by atoms with van der Waals surface area (Å²) in [5, 5.41) is 10.1. The highest BCUT2D eigenvalue weighted by atomic mass is 14.6. The second-order valence-electron chi connectivity index (χ2n) is 7.54. The Bertz CT molecular complexity index is 584. The lowest BCUT2D eigenvalue weighted by Gasteiger charge is -2.53. The summed E-state index contributed by atoms with van der Waals surface area (Å²) in [6, 6.07) is 11.5. The Hall–Kier alpha value is -1.29. The minimum Gasteiger partial charge on any atom is -0.197 e. The number of fused-ring (bicyclic) bond motifs is 5. The topological polar surface area (TPSA) is 23.8 Å². The third kappa shape index (κ3) is 1.43. The lowest BCUT2D eigenvalue weighted by molar-refractivity contribution is 0.0310. The molecule has 4 rings (SSSR count). The summed E-state index contributed by atoms with van der Waals surface area (Å²) in [5.74, 6) is 1.38. The lowest BCUT2D eigenvalue weighted by Crippen LogP contribution is -2.50. The Kier molecular flexibility index (Phi) is 2.56. The summed E-state index contributed by atoms with van der Waals surface area (Å²) in [6.45, 7) is 2.49. The van der Waals surface area contributed by atoms with E-state index >= 15 is 0 Å². The number of hydrogen-bond acceptors (Lipinski definition) is 1. The molecule has 1 heteroatoms. The molecule has 0 aromatic heterocycles. The van der Waals surface area contributed by atoms with Crippen LogP contribution in [0.4, 0.5) is 0 Å². The summed E-state index contributed by atoms with van der Waals surface area (Å²) in [6.07, 6.45) is 8.85. The van der Waals surface area contributed by atoms with E-state index in [1.165, 1.54) is 49.7 Å². The van der Waals surface area contributed by atoms with Gasteiger partial charge in [-0.25, -0.2) is 0 Å². The van der Waals surface area contributed by atoms with Crippen molar-refractivity contribution in [2.75, 3.05) is 0 Å². The van der Waals surface area contributed by atoms with Crippen molar-refractivity contribution in [3.05, 3.63) is 35.4 Å². The molecule has 1 nitrogen and oxygen atoms in total. The largest absolute Gasteiger partial charge is 0.197 e. The molecule has 1 aromatic carbocycles. The fraction of sp³-hybridized carbons (Fsp3) is 0.632. The molecule has 4 atom stereocenters. The monoisotopic (exact) mass is 265 g/mol. The molecule has 0 unspecified atom stereocenters. The molecule has 0 spiro atoms. The van der Waals surface area contributed by atoms with Crippen LogP contribution in [0.15, 0.2) is 24.3 Å². The van der Waals surface area contributed by atoms with Crippen molar-refractivity contribution in [2.24, 2.45) is 17.3 Å². The first-order valence-corrected chi connectivity index (χ1v) is 8.19. The van der Waals surface area contributed by atoms with Crippen LogP contribution in [-0.2, 0) is 11.8 Å². The van der Waals surface area contributed by atoms with E-state index in [1.807, 2.05) is 0 Å². The molecule has 0 bridgehead atoms. The molecule has 0 N–H and O–H groups in total. The molecule has 3 aliphatic rings. The predicted octanol–water partition coefficient (Wildman–Crippen LogP) is 4.61. The van der Waals surface area contributed by atoms with Gasteiger partial charge >= 0.3 is 0 Å². The van der Waals surface area contributed by atoms with Gasteiger partial charge in [-0.1, -0.05) is 37.6 Å². The molecule has 2 fully saturated rings. The fourth-order valence-electron chi connectivity index (χ4n) is 5.73. The summed E-state index contributed by atoms with van der Waals surface area (Å²) in [4.78, 5) is 0. The van der Waals surface area contributed by atoms with Crippen molar-refractivity contribution in [1.29, 1.82) is 5.26 Å². The predicted molar refractivity (Wildman–Crippen MR) is 80.2 cm³/mol. The standard InChI is InChI=1S/C19H23N/c1-18-10-4-7-16(18)17-9-8-14-5-2-3-6-15(14)19(17,13-20)12-11-18/h2-3,5-6,16-17H,4,7-12H2,1H3/t16-,17-,18-,19-/m0/s1. The summed E-state index contributed by atoms with van der Waals surface area (Å²) in [5.41, 5.74) is 3.15. The third-order valence-electron chi connectivity index (χ3n) is 6.79. The molecule has 0 saturated heterocycles. The van der Waals surface area contributed by atoms with E-state index in [1.54, 1.807) is 0 Å². The molecule has 1 aromatic rings. The molecular weight excluding hydrogens is 242 g/mol. The number of nitrogens with zero attached hydrogens (tertiary/aromatic N) is 1. The molecule has 0 radical (unpaired) electrons. The van der Waals surface area contributed by atoms with Gasteiger partial charge in [0.25, 0.3) is 0 Å². The average Bonchev–Trinajstić information content (AvgIpc) is 2.88. The van der Waals surface area contributed by atoms with Crippen LogP contribution < -0.4 is 0 Å². The zero-order chi connectivity index (χ0) is 13.8. The van der Waals surface area contributed by atoms with E-state index in [2.05, 4.69) is 37.3 Å². The molecule has 0 amide bonds. The van der Waals surface area contributed by atoms with Gasteiger partial charge < -0.3 is 0 Å². The van der Waals surface area contributed by atoms with E-state index < -0.39 is 0 Å². The Balaban J connectivity index is 1.85. The minimum atomic E-state index is -0.177. The van der Waals surface area contributed by atoms with Crippen LogP contribution in [0.1, 0.15) is 56.6 Å². The van der Waals surface area contributed by atoms with E-state index in [4.69, 9.17) is 0 Å². The Morgan fingerprint density at radius 1 is 1.10 bits per heavy atom. The van der Waals surface area contributed by atoms with Crippen molar-refractivity contribution in [3.8, 4) is 6.07 Å². The zero-order valence-electron chi connectivity index (χ0n) is 12.4. The Morgan fingerprint density at radius 2 is 1.95 bits per heavy atom. The molecule has 104 valence electrons. The van der Waals surface area contributed by atoms with Crippen molar-refractivity contribution in [2.45, 2.75) is 57.3 Å². The Morgan fingerprint density at radius 3 is 2.80 bits per heavy atom. The molecule has 0 aliphatic heterocycles. The highest BCUT2D eigenvalue weighted by molar-refractivity contribution is 5.44. The molecule has 20 heavy (non-hydrogen) atoms. The van der Waals surface area contributed by atoms with Gasteiger partial charge in [-0.2, -0.15) is 5.26 Å². The first kappa shape index (κ1) is 12.5. The first-order valence-electron chi connectivity index (χ1n) is 8.19. The average molecular weight is 265 g/mol. The maximum atomic E-state index is 10.1. The molecular formula is C19H23N. The van der Waals surface area contributed by atoms with Crippen LogP contribution in [0.2, 0.25) is 0 Å². The minimum absolute atomic E-state index is 0.177. The summed E-state index contributed by atoms with van der Waals surface area (Å²) < 4.78 is 0. The van der Waals surface area contributed by atoms with Crippen molar-refractivity contribution in [1.82, 2.24) is 0 Å². The van der Waals surface area contributed by atoms with Gasteiger partial charge in [-0.15, -0.1) is 0 Å². The number of aryl methyl sites for hydroxylation is 1. The van der Waals surface area contributed by atoms with Crippen molar-refractivity contribution < 1.29 is 0 Å². The van der Waals surface area contributed by atoms with Crippen molar-refractivity contribution >= 4 is 0 Å². The van der Waals surface area contributed by atoms with Gasteiger partial charge in [0.2, 0.25) is 0 Å². The molecule has 0 heterocycles. The van der Waals surface area contributed by atoms with Gasteiger partial charge in [0.1, 0.15) is 0 Å². The van der Waals surface area contributed by atoms with Gasteiger partial charge in [-0.05, 0) is 66.9 Å². The zero-order valence-corrected chi connectivity index (χ0v) is 12.4. The quantitative estimate of drug-likeness (QED) is 0.672. The smallest absolute Gasteiger partial charge is 0.0856 e. The molecule has 3 aliphatic carbocycles. The normalized spacial score (nSPS) is 42.2. The summed E-state index contributed by atoms with van der Waals surface area (Å²) >= 11 is 0. The van der Waals surface area contributed by atoms with E-state index in [0.717, 1.165) is 12.3 Å². The number of rotatable bonds is 0. The molecule has 2 saturated carbocycles. The van der Waals surface area contributed by atoms with Gasteiger partial charge in [0.05, 0.1) is 11.5 Å². The van der Waals surface area contributed by atoms with Crippen LogP contribution in [0.5, 0.6) is 0 Å².